The summed E-state index contributed by atoms with van der Waals surface area (Å²) in [6, 6.07) is 18.8. The minimum absolute atomic E-state index is 0.0541. The van der Waals surface area contributed by atoms with Gasteiger partial charge >= 0.3 is 6.03 Å². The van der Waals surface area contributed by atoms with Crippen LogP contribution in [0.15, 0.2) is 60.8 Å². The van der Waals surface area contributed by atoms with Gasteiger partial charge in [-0.1, -0.05) is 42.0 Å². The minimum atomic E-state index is -0.172. The molecule has 4 nitrogen and oxygen atoms in total. The number of carbonyl (C=O) groups excluding carboxylic acids is 1. The highest BCUT2D eigenvalue weighted by molar-refractivity contribution is 7.15. The SMILES string of the molecule is Cc1cccc([C@H]2c3cccn3-c3sc4c(c3CN2C(=O)Nc2cccc(C)c2C)CCCC4)c1. The van der Waals surface area contributed by atoms with Crippen LogP contribution in [0.5, 0.6) is 0 Å². The lowest BCUT2D eigenvalue weighted by molar-refractivity contribution is 0.194. The molecule has 2 amide bonds. The Morgan fingerprint density at radius 3 is 2.66 bits per heavy atom. The molecule has 0 radical (unpaired) electrons. The minimum Gasteiger partial charge on any atom is -0.310 e. The summed E-state index contributed by atoms with van der Waals surface area (Å²) in [4.78, 5) is 17.6. The highest BCUT2D eigenvalue weighted by Gasteiger charge is 2.36. The monoisotopic (exact) mass is 481 g/mol. The number of aryl methyl sites for hydroxylation is 3. The van der Waals surface area contributed by atoms with E-state index < -0.39 is 0 Å². The zero-order valence-corrected chi connectivity index (χ0v) is 21.4. The summed E-state index contributed by atoms with van der Waals surface area (Å²) >= 11 is 1.93. The van der Waals surface area contributed by atoms with Crippen LogP contribution < -0.4 is 5.32 Å². The van der Waals surface area contributed by atoms with Crippen molar-refractivity contribution in [3.63, 3.8) is 0 Å². The lowest BCUT2D eigenvalue weighted by atomic mass is 9.95. The van der Waals surface area contributed by atoms with Gasteiger partial charge in [-0.3, -0.25) is 0 Å². The number of anilines is 1. The Labute approximate surface area is 211 Å². The van der Waals surface area contributed by atoms with Crippen LogP contribution in [-0.2, 0) is 19.4 Å². The molecule has 0 fully saturated rings. The van der Waals surface area contributed by atoms with E-state index in [-0.39, 0.29) is 12.1 Å². The van der Waals surface area contributed by atoms with Gasteiger partial charge in [0.15, 0.2) is 0 Å². The first-order valence-corrected chi connectivity index (χ1v) is 13.3. The van der Waals surface area contributed by atoms with Crippen molar-refractivity contribution in [3.05, 3.63) is 105 Å². The van der Waals surface area contributed by atoms with Gasteiger partial charge in [-0.05, 0) is 86.9 Å². The summed E-state index contributed by atoms with van der Waals surface area (Å²) in [5.74, 6) is 0. The second kappa shape index (κ2) is 8.72. The lowest BCUT2D eigenvalue weighted by Crippen LogP contribution is -2.38. The van der Waals surface area contributed by atoms with E-state index in [1.807, 2.05) is 23.5 Å². The summed E-state index contributed by atoms with van der Waals surface area (Å²) in [7, 11) is 0. The number of urea groups is 1. The van der Waals surface area contributed by atoms with Crippen molar-refractivity contribution in [2.24, 2.45) is 0 Å². The van der Waals surface area contributed by atoms with Crippen molar-refractivity contribution in [1.29, 1.82) is 0 Å². The fraction of sp³-hybridized carbons (Fsp3) is 0.300. The smallest absolute Gasteiger partial charge is 0.310 e. The number of nitrogens with zero attached hydrogens (tertiary/aromatic N) is 2. The van der Waals surface area contributed by atoms with Gasteiger partial charge in [0.05, 0.1) is 18.3 Å². The molecular weight excluding hydrogens is 450 g/mol. The molecule has 1 atom stereocenters. The maximum absolute atomic E-state index is 14.1. The Morgan fingerprint density at radius 1 is 0.971 bits per heavy atom. The quantitative estimate of drug-likeness (QED) is 0.317. The number of hydrogen-bond donors (Lipinski definition) is 1. The average molecular weight is 482 g/mol. The molecule has 0 saturated heterocycles. The molecule has 0 saturated carbocycles. The predicted molar refractivity (Wildman–Crippen MR) is 144 cm³/mol. The molecule has 6 rings (SSSR count). The van der Waals surface area contributed by atoms with Gasteiger partial charge in [0.25, 0.3) is 0 Å². The molecule has 2 aliphatic rings. The van der Waals surface area contributed by atoms with Crippen molar-refractivity contribution in [2.45, 2.75) is 59.0 Å². The zero-order chi connectivity index (χ0) is 24.1. The molecular formula is C30H31N3OS. The Hall–Kier alpha value is -3.31. The molecule has 1 N–H and O–H groups in total. The maximum atomic E-state index is 14.1. The molecule has 178 valence electrons. The number of benzene rings is 2. The van der Waals surface area contributed by atoms with Crippen LogP contribution in [0.3, 0.4) is 0 Å². The van der Waals surface area contributed by atoms with Gasteiger partial charge in [-0.15, -0.1) is 11.3 Å². The van der Waals surface area contributed by atoms with Crippen molar-refractivity contribution in [3.8, 4) is 5.00 Å². The third-order valence-electron chi connectivity index (χ3n) is 7.64. The molecule has 5 heteroatoms. The highest BCUT2D eigenvalue weighted by atomic mass is 32.1. The number of thiophene rings is 1. The molecule has 2 aromatic carbocycles. The van der Waals surface area contributed by atoms with E-state index >= 15 is 0 Å². The first-order valence-electron chi connectivity index (χ1n) is 12.5. The van der Waals surface area contributed by atoms with E-state index in [2.05, 4.69) is 84.2 Å². The van der Waals surface area contributed by atoms with Gasteiger partial charge in [0.1, 0.15) is 5.00 Å². The van der Waals surface area contributed by atoms with E-state index in [9.17, 15) is 4.79 Å². The van der Waals surface area contributed by atoms with Gasteiger partial charge in [-0.25, -0.2) is 4.79 Å². The van der Waals surface area contributed by atoms with E-state index in [1.165, 1.54) is 45.0 Å². The van der Waals surface area contributed by atoms with E-state index in [4.69, 9.17) is 0 Å². The van der Waals surface area contributed by atoms with Crippen molar-refractivity contribution >= 4 is 23.1 Å². The second-order valence-electron chi connectivity index (χ2n) is 9.92. The summed E-state index contributed by atoms with van der Waals surface area (Å²) in [5, 5.41) is 4.56. The first-order chi connectivity index (χ1) is 17.0. The number of amides is 2. The highest BCUT2D eigenvalue weighted by Crippen LogP contribution is 2.44. The first kappa shape index (κ1) is 22.2. The molecule has 35 heavy (non-hydrogen) atoms. The summed E-state index contributed by atoms with van der Waals surface area (Å²) in [6.45, 7) is 6.89. The Kier molecular flexibility index (Phi) is 5.53. The summed E-state index contributed by atoms with van der Waals surface area (Å²) in [6.07, 6.45) is 6.92. The molecule has 0 bridgehead atoms. The molecule has 1 aliphatic heterocycles. The van der Waals surface area contributed by atoms with Crippen molar-refractivity contribution in [1.82, 2.24) is 9.47 Å². The van der Waals surface area contributed by atoms with Gasteiger partial charge < -0.3 is 14.8 Å². The third-order valence-corrected chi connectivity index (χ3v) is 8.98. The Bertz CT molecular complexity index is 1430. The largest absolute Gasteiger partial charge is 0.322 e. The van der Waals surface area contributed by atoms with E-state index in [0.29, 0.717) is 6.54 Å². The maximum Gasteiger partial charge on any atom is 0.322 e. The molecule has 2 aromatic heterocycles. The Balaban J connectivity index is 1.51. The van der Waals surface area contributed by atoms with Crippen LogP contribution in [0.1, 0.15) is 62.8 Å². The summed E-state index contributed by atoms with van der Waals surface area (Å²) in [5.41, 5.74) is 9.46. The topological polar surface area (TPSA) is 37.3 Å². The van der Waals surface area contributed by atoms with E-state index in [0.717, 1.165) is 35.3 Å². The average Bonchev–Trinajstić information content (AvgIpc) is 3.44. The molecule has 0 unspecified atom stereocenters. The van der Waals surface area contributed by atoms with Gasteiger partial charge in [-0.2, -0.15) is 0 Å². The van der Waals surface area contributed by atoms with Crippen LogP contribution >= 0.6 is 11.3 Å². The number of nitrogens with one attached hydrogen (secondary N) is 1. The zero-order valence-electron chi connectivity index (χ0n) is 20.6. The van der Waals surface area contributed by atoms with Crippen molar-refractivity contribution < 1.29 is 4.79 Å². The number of aromatic nitrogens is 1. The van der Waals surface area contributed by atoms with Gasteiger partial charge in [0, 0.05) is 22.3 Å². The van der Waals surface area contributed by atoms with E-state index in [1.54, 1.807) is 0 Å². The van der Waals surface area contributed by atoms with Crippen LogP contribution in [0.2, 0.25) is 0 Å². The molecule has 0 spiro atoms. The number of fused-ring (bicyclic) bond motifs is 5. The number of hydrogen-bond acceptors (Lipinski definition) is 2. The van der Waals surface area contributed by atoms with Crippen molar-refractivity contribution in [2.75, 3.05) is 5.32 Å². The lowest BCUT2D eigenvalue weighted by Gasteiger charge is -2.32. The molecule has 4 aromatic rings. The molecule has 1 aliphatic carbocycles. The normalized spacial score (nSPS) is 16.8. The Morgan fingerprint density at radius 2 is 1.80 bits per heavy atom. The summed E-state index contributed by atoms with van der Waals surface area (Å²) < 4.78 is 2.34. The van der Waals surface area contributed by atoms with Crippen LogP contribution in [0, 0.1) is 20.8 Å². The standard InChI is InChI=1S/C30H31N3OS/c1-19-9-6-11-22(17-19)28-26-14-8-16-32(26)29-24(23-12-4-5-15-27(23)35-29)18-33(28)30(34)31-25-13-7-10-20(2)21(25)3/h6-11,13-14,16-17,28H,4-5,12,15,18H2,1-3H3,(H,31,34)/t28-/m0/s1. The fourth-order valence-electron chi connectivity index (χ4n) is 5.65. The van der Waals surface area contributed by atoms with Gasteiger partial charge in [0.2, 0.25) is 0 Å². The van der Waals surface area contributed by atoms with Crippen LogP contribution in [0.25, 0.3) is 5.00 Å². The molecule has 3 heterocycles. The number of carbonyl (C=O) groups is 1. The van der Waals surface area contributed by atoms with Crippen LogP contribution in [-0.4, -0.2) is 15.5 Å². The predicted octanol–water partition coefficient (Wildman–Crippen LogP) is 7.48. The third kappa shape index (κ3) is 3.79. The number of rotatable bonds is 2. The fourth-order valence-corrected chi connectivity index (χ4v) is 7.05. The second-order valence-corrected chi connectivity index (χ2v) is 11.0. The van der Waals surface area contributed by atoms with Crippen LogP contribution in [0.4, 0.5) is 10.5 Å².